The lowest BCUT2D eigenvalue weighted by molar-refractivity contribution is 0.306. The lowest BCUT2D eigenvalue weighted by Gasteiger charge is -1.71. The van der Waals surface area contributed by atoms with Crippen LogP contribution in [0.25, 0.3) is 0 Å². The van der Waals surface area contributed by atoms with E-state index in [4.69, 9.17) is 10.8 Å². The van der Waals surface area contributed by atoms with Crippen LogP contribution >= 0.6 is 0 Å². The average Bonchev–Trinajstić information content (AvgIpc) is 1.37. The van der Waals surface area contributed by atoms with Crippen molar-refractivity contribution in [1.82, 2.24) is 0 Å². The van der Waals surface area contributed by atoms with Crippen molar-refractivity contribution in [2.24, 2.45) is 5.73 Å². The summed E-state index contributed by atoms with van der Waals surface area (Å²) in [5, 5.41) is 7.75. The average molecular weight is 62.1 g/mol. The van der Waals surface area contributed by atoms with Gasteiger partial charge in [0.1, 0.15) is 0 Å². The fourth-order valence-corrected chi connectivity index (χ4v) is 0. The zero-order valence-electron chi connectivity index (χ0n) is 2.44. The molecule has 0 aromatic rings. The highest BCUT2D eigenvalue weighted by Gasteiger charge is 1.56. The van der Waals surface area contributed by atoms with E-state index in [-0.39, 0.29) is 6.61 Å². The molecule has 26 valence electrons. The summed E-state index contributed by atoms with van der Waals surface area (Å²) in [5.74, 6) is 0. The van der Waals surface area contributed by atoms with Crippen LogP contribution in [0.2, 0.25) is 0 Å². The van der Waals surface area contributed by atoms with Crippen LogP contribution in [0.15, 0.2) is 0 Å². The van der Waals surface area contributed by atoms with Crippen LogP contribution in [0.1, 0.15) is 0 Å². The molecule has 3 N–H and O–H groups in total. The van der Waals surface area contributed by atoms with E-state index in [1.807, 2.05) is 0 Å². The number of aliphatic hydroxyl groups is 1. The Labute approximate surface area is 25.2 Å². The van der Waals surface area contributed by atoms with Crippen LogP contribution in [0, 0.1) is 0 Å². The normalized spacial score (nSPS) is 7.50. The fraction of sp³-hybridized carbons (Fsp3) is 1.00. The van der Waals surface area contributed by atoms with Gasteiger partial charge < -0.3 is 10.8 Å². The predicted octanol–water partition coefficient (Wildman–Crippen LogP) is -1.06. The molecule has 0 rings (SSSR count). The number of hydrogen-bond acceptors (Lipinski definition) is 2. The molecule has 0 aliphatic carbocycles. The van der Waals surface area contributed by atoms with Gasteiger partial charge >= 0.3 is 0 Å². The summed E-state index contributed by atoms with van der Waals surface area (Å²) in [6, 6.07) is 0. The van der Waals surface area contributed by atoms with Crippen molar-refractivity contribution in [3.8, 4) is 0 Å². The van der Waals surface area contributed by atoms with E-state index in [1.54, 1.807) is 0 Å². The molecule has 0 atom stereocenters. The Hall–Kier alpha value is -0.0800. The fourth-order valence-electron chi connectivity index (χ4n) is 0. The van der Waals surface area contributed by atoms with Crippen LogP contribution in [-0.4, -0.2) is 18.3 Å². The minimum Gasteiger partial charge on any atom is -0.395 e. The van der Waals surface area contributed by atoms with Gasteiger partial charge in [-0.2, -0.15) is 0 Å². The van der Waals surface area contributed by atoms with Crippen molar-refractivity contribution in [1.29, 1.82) is 0 Å². The van der Waals surface area contributed by atoms with Crippen molar-refractivity contribution in [3.63, 3.8) is 0 Å². The third-order valence-corrected chi connectivity index (χ3v) is 0.129. The molecular formula is C2H7NO. The van der Waals surface area contributed by atoms with Gasteiger partial charge in [0.15, 0.2) is 0 Å². The second-order valence-electron chi connectivity index (χ2n) is 0.512. The third kappa shape index (κ3) is 1.92. The standard InChI is InChI=1S/C2H7NO/c3-1-2-4/h4H,1-3H2/i1+1. The Bertz CT molecular complexity index is 8.00. The molecular weight excluding hydrogens is 55.0 g/mol. The lowest BCUT2D eigenvalue weighted by Crippen LogP contribution is -2.02. The summed E-state index contributed by atoms with van der Waals surface area (Å²) in [4.78, 5) is 0. The molecule has 4 heavy (non-hydrogen) atoms. The second-order valence-corrected chi connectivity index (χ2v) is 0.512. The van der Waals surface area contributed by atoms with E-state index >= 15 is 0 Å². The lowest BCUT2D eigenvalue weighted by atomic mass is 11.1. The van der Waals surface area contributed by atoms with Gasteiger partial charge in [0.25, 0.3) is 0 Å². The Kier molecular flexibility index (Phi) is 2.86. The summed E-state index contributed by atoms with van der Waals surface area (Å²) < 4.78 is 0. The molecule has 0 saturated heterocycles. The Morgan fingerprint density at radius 2 is 2.00 bits per heavy atom. The molecule has 0 aliphatic heterocycles. The molecule has 2 heteroatoms. The first-order chi connectivity index (χ1) is 1.91. The van der Waals surface area contributed by atoms with Crippen LogP contribution < -0.4 is 5.73 Å². The molecule has 0 bridgehead atoms. The molecule has 0 spiro atoms. The third-order valence-electron chi connectivity index (χ3n) is 0.129. The van der Waals surface area contributed by atoms with Crippen molar-refractivity contribution < 1.29 is 5.11 Å². The second kappa shape index (κ2) is 2.92. The van der Waals surface area contributed by atoms with Gasteiger partial charge in [-0.3, -0.25) is 0 Å². The topological polar surface area (TPSA) is 46.2 Å². The number of rotatable bonds is 1. The molecule has 0 aliphatic rings. The highest BCUT2D eigenvalue weighted by Crippen LogP contribution is 1.33. The van der Waals surface area contributed by atoms with E-state index in [2.05, 4.69) is 0 Å². The summed E-state index contributed by atoms with van der Waals surface area (Å²) in [7, 11) is 0. The van der Waals surface area contributed by atoms with Crippen molar-refractivity contribution >= 4 is 0 Å². The van der Waals surface area contributed by atoms with Gasteiger partial charge in [-0.05, 0) is 0 Å². The molecule has 0 amide bonds. The maximum absolute atomic E-state index is 7.75. The maximum atomic E-state index is 7.75. The van der Waals surface area contributed by atoms with Gasteiger partial charge in [-0.25, -0.2) is 0 Å². The summed E-state index contributed by atoms with van der Waals surface area (Å²) in [6.45, 7) is 0.472. The summed E-state index contributed by atoms with van der Waals surface area (Å²) in [5.41, 5.74) is 4.78. The number of hydrogen-bond donors (Lipinski definition) is 2. The van der Waals surface area contributed by atoms with Crippen LogP contribution in [0.3, 0.4) is 0 Å². The van der Waals surface area contributed by atoms with Crippen molar-refractivity contribution in [2.75, 3.05) is 13.2 Å². The molecule has 0 unspecified atom stereocenters. The first kappa shape index (κ1) is 3.92. The number of nitrogens with two attached hydrogens (primary N) is 1. The minimum absolute atomic E-state index is 0.0972. The van der Waals surface area contributed by atoms with E-state index in [9.17, 15) is 0 Å². The Morgan fingerprint density at radius 3 is 2.00 bits per heavy atom. The van der Waals surface area contributed by atoms with Crippen LogP contribution in [0.4, 0.5) is 0 Å². The van der Waals surface area contributed by atoms with E-state index in [0.29, 0.717) is 6.54 Å². The summed E-state index contributed by atoms with van der Waals surface area (Å²) in [6.07, 6.45) is 0. The summed E-state index contributed by atoms with van der Waals surface area (Å²) >= 11 is 0. The van der Waals surface area contributed by atoms with Gasteiger partial charge in [0, 0.05) is 6.54 Å². The molecule has 0 radical (unpaired) electrons. The molecule has 0 heterocycles. The first-order valence-electron chi connectivity index (χ1n) is 1.22. The Morgan fingerprint density at radius 1 is 1.75 bits per heavy atom. The first-order valence-corrected chi connectivity index (χ1v) is 1.22. The maximum Gasteiger partial charge on any atom is 0.0553 e. The molecule has 0 aromatic carbocycles. The van der Waals surface area contributed by atoms with E-state index in [0.717, 1.165) is 0 Å². The van der Waals surface area contributed by atoms with Crippen molar-refractivity contribution in [3.05, 3.63) is 0 Å². The highest BCUT2D eigenvalue weighted by atomic mass is 16.3. The minimum atomic E-state index is 0.0972. The van der Waals surface area contributed by atoms with Crippen LogP contribution in [0.5, 0.6) is 0 Å². The van der Waals surface area contributed by atoms with Crippen molar-refractivity contribution in [2.45, 2.75) is 0 Å². The monoisotopic (exact) mass is 62.1 g/mol. The van der Waals surface area contributed by atoms with Gasteiger partial charge in [-0.1, -0.05) is 0 Å². The molecule has 0 saturated carbocycles. The van der Waals surface area contributed by atoms with Crippen LogP contribution in [-0.2, 0) is 0 Å². The largest absolute Gasteiger partial charge is 0.395 e. The SMILES string of the molecule is N[13CH2]CO. The Balaban J connectivity index is 1.97. The van der Waals surface area contributed by atoms with Gasteiger partial charge in [0.05, 0.1) is 6.61 Å². The smallest absolute Gasteiger partial charge is 0.0553 e. The molecule has 0 fully saturated rings. The van der Waals surface area contributed by atoms with Gasteiger partial charge in [-0.15, -0.1) is 0 Å². The highest BCUT2D eigenvalue weighted by molar-refractivity contribution is 4.17. The molecule has 2 nitrogen and oxygen atoms in total. The van der Waals surface area contributed by atoms with Gasteiger partial charge in [0.2, 0.25) is 0 Å². The van der Waals surface area contributed by atoms with E-state index in [1.165, 1.54) is 0 Å². The zero-order chi connectivity index (χ0) is 3.41. The quantitative estimate of drug-likeness (QED) is 0.380. The predicted molar refractivity (Wildman–Crippen MR) is 16.1 cm³/mol. The molecule has 0 aromatic heterocycles. The van der Waals surface area contributed by atoms with E-state index < -0.39 is 0 Å². The number of aliphatic hydroxyl groups excluding tert-OH is 1. The zero-order valence-corrected chi connectivity index (χ0v) is 2.44.